The minimum atomic E-state index is 0.448. The van der Waals surface area contributed by atoms with Crippen LogP contribution in [-0.2, 0) is 6.54 Å². The first kappa shape index (κ1) is 15.4. The van der Waals surface area contributed by atoms with E-state index in [9.17, 15) is 0 Å². The zero-order chi connectivity index (χ0) is 15.4. The van der Waals surface area contributed by atoms with Gasteiger partial charge in [-0.1, -0.05) is 31.5 Å². The van der Waals surface area contributed by atoms with Gasteiger partial charge in [0.05, 0.1) is 5.69 Å². The molecule has 0 radical (unpaired) electrons. The second-order valence-corrected chi connectivity index (χ2v) is 5.77. The number of nitrogens with one attached hydrogen (secondary N) is 1. The molecule has 1 aromatic carbocycles. The average Bonchev–Trinajstić information content (AvgIpc) is 2.45. The molecule has 0 atom stereocenters. The maximum Gasteiger partial charge on any atom is 0.155 e. The third kappa shape index (κ3) is 4.02. The van der Waals surface area contributed by atoms with Crippen LogP contribution in [0.5, 0.6) is 0 Å². The molecule has 0 aliphatic carbocycles. The largest absolute Gasteiger partial charge is 0.328 e. The van der Waals surface area contributed by atoms with Gasteiger partial charge in [0.2, 0.25) is 0 Å². The highest BCUT2D eigenvalue weighted by Crippen LogP contribution is 2.25. The number of benzene rings is 1. The van der Waals surface area contributed by atoms with Crippen LogP contribution >= 0.6 is 0 Å². The van der Waals surface area contributed by atoms with Crippen molar-refractivity contribution in [3.05, 3.63) is 47.2 Å². The van der Waals surface area contributed by atoms with Gasteiger partial charge in [-0.15, -0.1) is 5.10 Å². The van der Waals surface area contributed by atoms with Crippen LogP contribution in [0.4, 0.5) is 11.5 Å². The molecule has 0 saturated carbocycles. The van der Waals surface area contributed by atoms with Crippen molar-refractivity contribution in [2.45, 2.75) is 40.3 Å². The summed E-state index contributed by atoms with van der Waals surface area (Å²) in [4.78, 5) is 2.07. The van der Waals surface area contributed by atoms with Gasteiger partial charge in [0.1, 0.15) is 0 Å². The lowest BCUT2D eigenvalue weighted by molar-refractivity contribution is 0.577. The standard InChI is InChI=1S/C17H24N4/c1-12(2)18-11-15-7-9-17(20-19-15)21(5)16-8-6-13(3)10-14(16)4/h6-10,12,18H,11H2,1-5H3. The number of hydrogen-bond donors (Lipinski definition) is 1. The lowest BCUT2D eigenvalue weighted by atomic mass is 10.1. The van der Waals surface area contributed by atoms with E-state index in [1.807, 2.05) is 19.2 Å². The molecule has 21 heavy (non-hydrogen) atoms. The Morgan fingerprint density at radius 3 is 2.43 bits per heavy atom. The minimum absolute atomic E-state index is 0.448. The zero-order valence-corrected chi connectivity index (χ0v) is 13.5. The summed E-state index contributed by atoms with van der Waals surface area (Å²) >= 11 is 0. The first-order chi connectivity index (χ1) is 9.97. The van der Waals surface area contributed by atoms with Gasteiger partial charge in [0, 0.05) is 25.3 Å². The molecule has 1 heterocycles. The van der Waals surface area contributed by atoms with Gasteiger partial charge in [-0.2, -0.15) is 5.10 Å². The maximum atomic E-state index is 4.33. The van der Waals surface area contributed by atoms with E-state index in [1.54, 1.807) is 0 Å². The molecule has 4 heteroatoms. The summed E-state index contributed by atoms with van der Waals surface area (Å²) in [6.07, 6.45) is 0. The second kappa shape index (κ2) is 6.68. The minimum Gasteiger partial charge on any atom is -0.328 e. The van der Waals surface area contributed by atoms with Crippen LogP contribution in [0.2, 0.25) is 0 Å². The van der Waals surface area contributed by atoms with Crippen molar-refractivity contribution in [2.75, 3.05) is 11.9 Å². The van der Waals surface area contributed by atoms with Crippen molar-refractivity contribution in [3.8, 4) is 0 Å². The quantitative estimate of drug-likeness (QED) is 0.914. The van der Waals surface area contributed by atoms with Crippen LogP contribution in [0, 0.1) is 13.8 Å². The van der Waals surface area contributed by atoms with Gasteiger partial charge in [-0.05, 0) is 37.6 Å². The molecule has 1 N–H and O–H groups in total. The van der Waals surface area contributed by atoms with E-state index in [2.05, 4.69) is 66.3 Å². The Balaban J connectivity index is 2.14. The van der Waals surface area contributed by atoms with Crippen molar-refractivity contribution in [2.24, 2.45) is 0 Å². The monoisotopic (exact) mass is 284 g/mol. The second-order valence-electron chi connectivity index (χ2n) is 5.77. The average molecular weight is 284 g/mol. The van der Waals surface area contributed by atoms with E-state index in [0.29, 0.717) is 6.04 Å². The van der Waals surface area contributed by atoms with Gasteiger partial charge in [-0.25, -0.2) is 0 Å². The smallest absolute Gasteiger partial charge is 0.155 e. The van der Waals surface area contributed by atoms with Crippen molar-refractivity contribution in [1.29, 1.82) is 0 Å². The Bertz CT molecular complexity index is 590. The van der Waals surface area contributed by atoms with Crippen LogP contribution in [0.15, 0.2) is 30.3 Å². The van der Waals surface area contributed by atoms with Gasteiger partial charge in [-0.3, -0.25) is 0 Å². The molecule has 0 aliphatic heterocycles. The number of rotatable bonds is 5. The van der Waals surface area contributed by atoms with Crippen LogP contribution in [0.1, 0.15) is 30.7 Å². The Kier molecular flexibility index (Phi) is 4.91. The molecular formula is C17H24N4. The molecule has 0 amide bonds. The predicted octanol–water partition coefficient (Wildman–Crippen LogP) is 3.36. The molecule has 0 aliphatic rings. The van der Waals surface area contributed by atoms with E-state index in [4.69, 9.17) is 0 Å². The summed E-state index contributed by atoms with van der Waals surface area (Å²) in [7, 11) is 2.02. The summed E-state index contributed by atoms with van der Waals surface area (Å²) in [5.41, 5.74) is 4.63. The highest BCUT2D eigenvalue weighted by atomic mass is 15.3. The predicted molar refractivity (Wildman–Crippen MR) is 88.0 cm³/mol. The van der Waals surface area contributed by atoms with E-state index < -0.39 is 0 Å². The Labute approximate surface area is 127 Å². The maximum absolute atomic E-state index is 4.33. The highest BCUT2D eigenvalue weighted by molar-refractivity contribution is 5.63. The van der Waals surface area contributed by atoms with Gasteiger partial charge in [0.25, 0.3) is 0 Å². The summed E-state index contributed by atoms with van der Waals surface area (Å²) < 4.78 is 0. The fraction of sp³-hybridized carbons (Fsp3) is 0.412. The number of aromatic nitrogens is 2. The van der Waals surface area contributed by atoms with E-state index in [1.165, 1.54) is 11.1 Å². The molecule has 4 nitrogen and oxygen atoms in total. The molecule has 2 aromatic rings. The van der Waals surface area contributed by atoms with Gasteiger partial charge < -0.3 is 10.2 Å². The number of nitrogens with zero attached hydrogens (tertiary/aromatic N) is 3. The van der Waals surface area contributed by atoms with Crippen molar-refractivity contribution in [1.82, 2.24) is 15.5 Å². The molecule has 1 aromatic heterocycles. The van der Waals surface area contributed by atoms with Crippen molar-refractivity contribution >= 4 is 11.5 Å². The summed E-state index contributed by atoms with van der Waals surface area (Å²) in [6.45, 7) is 9.21. The lowest BCUT2D eigenvalue weighted by Crippen LogP contribution is -2.23. The fourth-order valence-corrected chi connectivity index (χ4v) is 2.24. The Morgan fingerprint density at radius 2 is 1.86 bits per heavy atom. The van der Waals surface area contributed by atoms with Crippen LogP contribution in [0.3, 0.4) is 0 Å². The van der Waals surface area contributed by atoms with E-state index in [-0.39, 0.29) is 0 Å². The SMILES string of the molecule is Cc1ccc(N(C)c2ccc(CNC(C)C)nn2)c(C)c1. The van der Waals surface area contributed by atoms with Crippen LogP contribution in [-0.4, -0.2) is 23.3 Å². The molecule has 0 spiro atoms. The first-order valence-electron chi connectivity index (χ1n) is 7.34. The van der Waals surface area contributed by atoms with Crippen molar-refractivity contribution < 1.29 is 0 Å². The molecule has 0 unspecified atom stereocenters. The molecule has 2 rings (SSSR count). The highest BCUT2D eigenvalue weighted by Gasteiger charge is 2.09. The molecular weight excluding hydrogens is 260 g/mol. The molecule has 0 fully saturated rings. The third-order valence-corrected chi connectivity index (χ3v) is 3.45. The molecule has 112 valence electrons. The summed E-state index contributed by atoms with van der Waals surface area (Å²) in [5.74, 6) is 0.857. The topological polar surface area (TPSA) is 41.0 Å². The van der Waals surface area contributed by atoms with Crippen LogP contribution < -0.4 is 10.2 Å². The fourth-order valence-electron chi connectivity index (χ4n) is 2.24. The van der Waals surface area contributed by atoms with E-state index in [0.717, 1.165) is 23.7 Å². The lowest BCUT2D eigenvalue weighted by Gasteiger charge is -2.20. The molecule has 0 bridgehead atoms. The Morgan fingerprint density at radius 1 is 1.10 bits per heavy atom. The summed E-state index contributed by atoms with van der Waals surface area (Å²) in [5, 5.41) is 12.0. The van der Waals surface area contributed by atoms with Gasteiger partial charge >= 0.3 is 0 Å². The van der Waals surface area contributed by atoms with Gasteiger partial charge in [0.15, 0.2) is 5.82 Å². The van der Waals surface area contributed by atoms with Crippen LogP contribution in [0.25, 0.3) is 0 Å². The van der Waals surface area contributed by atoms with Crippen molar-refractivity contribution in [3.63, 3.8) is 0 Å². The third-order valence-electron chi connectivity index (χ3n) is 3.45. The number of hydrogen-bond acceptors (Lipinski definition) is 4. The van der Waals surface area contributed by atoms with E-state index >= 15 is 0 Å². The number of aryl methyl sites for hydroxylation is 2. The first-order valence-corrected chi connectivity index (χ1v) is 7.34. The molecule has 0 saturated heterocycles. The normalized spacial score (nSPS) is 11.0. The summed E-state index contributed by atoms with van der Waals surface area (Å²) in [6, 6.07) is 10.9. The Hall–Kier alpha value is -1.94. The zero-order valence-electron chi connectivity index (χ0n) is 13.5. The number of anilines is 2.